The molecule has 0 unspecified atom stereocenters. The van der Waals surface area contributed by atoms with Crippen LogP contribution >= 0.6 is 22.6 Å². The first-order valence-corrected chi connectivity index (χ1v) is 9.39. The van der Waals surface area contributed by atoms with Crippen LogP contribution in [0.5, 0.6) is 0 Å². The number of aryl methyl sites for hydroxylation is 2. The van der Waals surface area contributed by atoms with E-state index in [1.165, 1.54) is 5.56 Å². The minimum atomic E-state index is -0.286. The summed E-state index contributed by atoms with van der Waals surface area (Å²) in [5.41, 5.74) is 7.10. The molecule has 0 spiro atoms. The van der Waals surface area contributed by atoms with E-state index in [4.69, 9.17) is 0 Å². The number of anilines is 1. The molecular formula is C20H22IN3O2. The molecule has 5 nitrogen and oxygen atoms in total. The van der Waals surface area contributed by atoms with Gasteiger partial charge in [-0.3, -0.25) is 9.59 Å². The van der Waals surface area contributed by atoms with Gasteiger partial charge in [-0.05, 0) is 72.7 Å². The molecule has 0 heterocycles. The number of hydrazone groups is 1. The van der Waals surface area contributed by atoms with Crippen LogP contribution in [0.4, 0.5) is 5.69 Å². The molecule has 2 rings (SSSR count). The number of nitrogens with zero attached hydrogens (tertiary/aromatic N) is 1. The van der Waals surface area contributed by atoms with Gasteiger partial charge in [-0.1, -0.05) is 29.8 Å². The van der Waals surface area contributed by atoms with Crippen LogP contribution in [0.25, 0.3) is 0 Å². The second-order valence-corrected chi connectivity index (χ2v) is 7.35. The Labute approximate surface area is 167 Å². The van der Waals surface area contributed by atoms with E-state index in [0.29, 0.717) is 0 Å². The van der Waals surface area contributed by atoms with Crippen LogP contribution in [0.1, 0.15) is 36.5 Å². The summed E-state index contributed by atoms with van der Waals surface area (Å²) in [4.78, 5) is 23.9. The Balaban J connectivity index is 1.81. The monoisotopic (exact) mass is 463 g/mol. The van der Waals surface area contributed by atoms with Crippen LogP contribution in [0.15, 0.2) is 47.6 Å². The van der Waals surface area contributed by atoms with Crippen LogP contribution < -0.4 is 10.7 Å². The number of halogens is 1. The highest BCUT2D eigenvalue weighted by Gasteiger charge is 2.08. The van der Waals surface area contributed by atoms with Gasteiger partial charge in [0.25, 0.3) is 0 Å². The van der Waals surface area contributed by atoms with Crippen LogP contribution in [-0.4, -0.2) is 17.5 Å². The maximum Gasteiger partial charge on any atom is 0.240 e. The molecule has 0 bridgehead atoms. The Bertz CT molecular complexity index is 829. The fourth-order valence-electron chi connectivity index (χ4n) is 2.27. The van der Waals surface area contributed by atoms with Crippen molar-refractivity contribution in [2.24, 2.45) is 5.10 Å². The van der Waals surface area contributed by atoms with Crippen molar-refractivity contribution in [2.45, 2.75) is 33.6 Å². The van der Waals surface area contributed by atoms with Gasteiger partial charge < -0.3 is 5.32 Å². The Morgan fingerprint density at radius 3 is 2.31 bits per heavy atom. The van der Waals surface area contributed by atoms with Crippen molar-refractivity contribution in [1.82, 2.24) is 5.43 Å². The van der Waals surface area contributed by atoms with E-state index in [9.17, 15) is 9.59 Å². The Hall–Kier alpha value is -2.22. The highest BCUT2D eigenvalue weighted by molar-refractivity contribution is 14.1. The highest BCUT2D eigenvalue weighted by Crippen LogP contribution is 2.18. The lowest BCUT2D eigenvalue weighted by atomic mass is 10.1. The zero-order valence-corrected chi connectivity index (χ0v) is 17.3. The maximum absolute atomic E-state index is 12.0. The number of rotatable bonds is 6. The van der Waals surface area contributed by atoms with Crippen LogP contribution in [0, 0.1) is 17.4 Å². The lowest BCUT2D eigenvalue weighted by Gasteiger charge is -2.08. The van der Waals surface area contributed by atoms with Gasteiger partial charge >= 0.3 is 0 Å². The molecule has 0 aliphatic rings. The molecule has 2 N–H and O–H groups in total. The summed E-state index contributed by atoms with van der Waals surface area (Å²) < 4.78 is 1.11. The standard InChI is InChI=1S/C20H22IN3O2/c1-13-4-6-16(7-5-13)15(3)23-24-20(26)11-10-19(25)22-18-9-8-17(21)12-14(18)2/h4-9,12H,10-11H2,1-3H3,(H,22,25)(H,24,26)/b23-15-. The molecule has 136 valence electrons. The predicted octanol–water partition coefficient (Wildman–Crippen LogP) is 4.17. The quantitative estimate of drug-likeness (QED) is 0.384. The van der Waals surface area contributed by atoms with E-state index >= 15 is 0 Å². The van der Waals surface area contributed by atoms with Crippen molar-refractivity contribution in [3.05, 3.63) is 62.7 Å². The molecule has 0 radical (unpaired) electrons. The first kappa shape index (κ1) is 20.1. The van der Waals surface area contributed by atoms with Crippen molar-refractivity contribution < 1.29 is 9.59 Å². The molecule has 2 aromatic carbocycles. The van der Waals surface area contributed by atoms with E-state index in [1.807, 2.05) is 63.2 Å². The minimum Gasteiger partial charge on any atom is -0.326 e. The lowest BCUT2D eigenvalue weighted by molar-refractivity contribution is -0.124. The molecule has 0 fully saturated rings. The normalized spacial score (nSPS) is 11.2. The third-order valence-electron chi connectivity index (χ3n) is 3.86. The molecule has 2 aromatic rings. The smallest absolute Gasteiger partial charge is 0.240 e. The molecule has 0 saturated carbocycles. The average molecular weight is 463 g/mol. The third-order valence-corrected chi connectivity index (χ3v) is 4.53. The molecule has 26 heavy (non-hydrogen) atoms. The van der Waals surface area contributed by atoms with E-state index < -0.39 is 0 Å². The van der Waals surface area contributed by atoms with E-state index in [-0.39, 0.29) is 24.7 Å². The number of amides is 2. The number of hydrogen-bond acceptors (Lipinski definition) is 3. The minimum absolute atomic E-state index is 0.0833. The molecule has 0 atom stereocenters. The van der Waals surface area contributed by atoms with Gasteiger partial charge in [0.2, 0.25) is 11.8 Å². The lowest BCUT2D eigenvalue weighted by Crippen LogP contribution is -2.22. The predicted molar refractivity (Wildman–Crippen MR) is 113 cm³/mol. The zero-order valence-electron chi connectivity index (χ0n) is 15.1. The van der Waals surface area contributed by atoms with E-state index in [2.05, 4.69) is 38.4 Å². The molecular weight excluding hydrogens is 441 g/mol. The fraction of sp³-hybridized carbons (Fsp3) is 0.250. The first-order chi connectivity index (χ1) is 12.3. The number of carbonyl (C=O) groups is 2. The summed E-state index contributed by atoms with van der Waals surface area (Å²) in [5.74, 6) is -0.477. The van der Waals surface area contributed by atoms with Gasteiger partial charge in [-0.15, -0.1) is 0 Å². The van der Waals surface area contributed by atoms with Crippen LogP contribution in [-0.2, 0) is 9.59 Å². The van der Waals surface area contributed by atoms with Gasteiger partial charge in [-0.25, -0.2) is 5.43 Å². The maximum atomic E-state index is 12.0. The van der Waals surface area contributed by atoms with Crippen molar-refractivity contribution in [3.63, 3.8) is 0 Å². The van der Waals surface area contributed by atoms with Gasteiger partial charge in [-0.2, -0.15) is 5.10 Å². The first-order valence-electron chi connectivity index (χ1n) is 8.31. The average Bonchev–Trinajstić information content (AvgIpc) is 2.61. The summed E-state index contributed by atoms with van der Waals surface area (Å²) in [5, 5.41) is 6.93. The summed E-state index contributed by atoms with van der Waals surface area (Å²) in [7, 11) is 0. The number of benzene rings is 2. The van der Waals surface area contributed by atoms with Gasteiger partial charge in [0.05, 0.1) is 5.71 Å². The molecule has 0 aliphatic heterocycles. The Morgan fingerprint density at radius 2 is 1.65 bits per heavy atom. The second kappa shape index (κ2) is 9.47. The zero-order chi connectivity index (χ0) is 19.1. The highest BCUT2D eigenvalue weighted by atomic mass is 127. The van der Waals surface area contributed by atoms with Crippen molar-refractivity contribution >= 4 is 45.8 Å². The van der Waals surface area contributed by atoms with Crippen molar-refractivity contribution in [2.75, 3.05) is 5.32 Å². The molecule has 0 saturated heterocycles. The molecule has 0 aliphatic carbocycles. The second-order valence-electron chi connectivity index (χ2n) is 6.11. The Morgan fingerprint density at radius 1 is 1.00 bits per heavy atom. The van der Waals surface area contributed by atoms with Crippen LogP contribution in [0.2, 0.25) is 0 Å². The summed E-state index contributed by atoms with van der Waals surface area (Å²) in [6.07, 6.45) is 0.191. The number of carbonyl (C=O) groups excluding carboxylic acids is 2. The van der Waals surface area contributed by atoms with Crippen molar-refractivity contribution in [3.8, 4) is 0 Å². The number of nitrogens with one attached hydrogen (secondary N) is 2. The summed E-state index contributed by atoms with van der Waals surface area (Å²) in [6, 6.07) is 13.7. The van der Waals surface area contributed by atoms with Gasteiger partial charge in [0.15, 0.2) is 0 Å². The third kappa shape index (κ3) is 6.25. The Kier molecular flexibility index (Phi) is 7.32. The SMILES string of the molecule is C/C(=N/NC(=O)CCC(=O)Nc1ccc(I)cc1C)c1ccc(C)cc1. The van der Waals surface area contributed by atoms with Gasteiger partial charge in [0.1, 0.15) is 0 Å². The topological polar surface area (TPSA) is 70.6 Å². The summed E-state index contributed by atoms with van der Waals surface area (Å²) in [6.45, 7) is 5.78. The van der Waals surface area contributed by atoms with Crippen LogP contribution in [0.3, 0.4) is 0 Å². The molecule has 0 aromatic heterocycles. The largest absolute Gasteiger partial charge is 0.326 e. The summed E-state index contributed by atoms with van der Waals surface area (Å²) >= 11 is 2.22. The number of hydrogen-bond donors (Lipinski definition) is 2. The van der Waals surface area contributed by atoms with E-state index in [1.54, 1.807) is 0 Å². The fourth-order valence-corrected chi connectivity index (χ4v) is 2.92. The van der Waals surface area contributed by atoms with Gasteiger partial charge in [0, 0.05) is 22.1 Å². The van der Waals surface area contributed by atoms with E-state index in [0.717, 1.165) is 26.1 Å². The molecule has 2 amide bonds. The molecule has 6 heteroatoms. The van der Waals surface area contributed by atoms with Crippen molar-refractivity contribution in [1.29, 1.82) is 0 Å².